The maximum atomic E-state index is 13.2. The summed E-state index contributed by atoms with van der Waals surface area (Å²) in [7, 11) is 4.05. The van der Waals surface area contributed by atoms with Crippen molar-refractivity contribution >= 4 is 27.2 Å². The normalized spacial score (nSPS) is 22.9. The molecule has 1 aliphatic carbocycles. The second kappa shape index (κ2) is 9.38. The molecule has 1 N–H and O–H groups in total. The first-order valence-corrected chi connectivity index (χ1v) is 12.7. The third-order valence-electron chi connectivity index (χ3n) is 7.19. The number of nitrogens with zero attached hydrogens (tertiary/aromatic N) is 2. The van der Waals surface area contributed by atoms with Gasteiger partial charge in [-0.25, -0.2) is 0 Å². The van der Waals surface area contributed by atoms with E-state index < -0.39 is 12.1 Å². The summed E-state index contributed by atoms with van der Waals surface area (Å²) in [6, 6.07) is 10.4. The first kappa shape index (κ1) is 23.4. The molecule has 34 heavy (non-hydrogen) atoms. The Labute approximate surface area is 202 Å². The lowest BCUT2D eigenvalue weighted by atomic mass is 9.78. The van der Waals surface area contributed by atoms with Crippen LogP contribution < -0.4 is 15.0 Å². The van der Waals surface area contributed by atoms with Gasteiger partial charge in [0.05, 0.1) is 22.9 Å². The van der Waals surface area contributed by atoms with E-state index in [0.717, 1.165) is 33.6 Å². The summed E-state index contributed by atoms with van der Waals surface area (Å²) in [6.45, 7) is 1.39. The van der Waals surface area contributed by atoms with Crippen LogP contribution in [0.25, 0.3) is 10.2 Å². The van der Waals surface area contributed by atoms with Crippen molar-refractivity contribution < 1.29 is 17.9 Å². The fourth-order valence-electron chi connectivity index (χ4n) is 5.45. The Balaban J connectivity index is 1.41. The second-order valence-electron chi connectivity index (χ2n) is 9.54. The molecule has 1 saturated carbocycles. The van der Waals surface area contributed by atoms with Gasteiger partial charge < -0.3 is 15.0 Å². The van der Waals surface area contributed by atoms with Crippen LogP contribution >= 0.6 is 11.3 Å². The second-order valence-corrected chi connectivity index (χ2v) is 10.6. The van der Waals surface area contributed by atoms with Crippen LogP contribution in [0, 0.1) is 5.92 Å². The summed E-state index contributed by atoms with van der Waals surface area (Å²) in [5.41, 5.74) is 4.39. The molecular formula is C26H30F3N3OS. The summed E-state index contributed by atoms with van der Waals surface area (Å²) in [6.07, 6.45) is 0.213. The molecular weight excluding hydrogens is 459 g/mol. The zero-order chi connectivity index (χ0) is 23.9. The van der Waals surface area contributed by atoms with Crippen LogP contribution in [0.15, 0.2) is 36.5 Å². The number of anilines is 1. The molecule has 8 heteroatoms. The van der Waals surface area contributed by atoms with E-state index in [1.807, 2.05) is 44.6 Å². The lowest BCUT2D eigenvalue weighted by molar-refractivity contribution is -0.182. The first-order valence-electron chi connectivity index (χ1n) is 11.9. The monoisotopic (exact) mass is 489 g/mol. The Morgan fingerprint density at radius 1 is 1.06 bits per heavy atom. The molecule has 4 nitrogen and oxygen atoms in total. The van der Waals surface area contributed by atoms with E-state index in [2.05, 4.69) is 16.3 Å². The molecule has 5 rings (SSSR count). The average Bonchev–Trinajstić information content (AvgIpc) is 3.21. The zero-order valence-electron chi connectivity index (χ0n) is 19.5. The Kier molecular flexibility index (Phi) is 6.46. The molecule has 2 aliphatic rings. The fraction of sp³-hybridized carbons (Fsp3) is 0.500. The Morgan fingerprint density at radius 3 is 2.56 bits per heavy atom. The number of fused-ring (bicyclic) bond motifs is 2. The standard InChI is InChI=1S/C26H30F3N3OS/c1-32(2)24-22(15-31-20-12-14-33-21-6-4-3-5-19(20)21)34-25-18(11-13-30-23(24)25)16-7-9-17(10-8-16)26(27,28)29/h3-6,11,13,16-17,20,31H,7-10,12,14-15H2,1-2H3/t16-,17-,20-/m0/s1. The van der Waals surface area contributed by atoms with Crippen molar-refractivity contribution in [3.8, 4) is 5.75 Å². The largest absolute Gasteiger partial charge is 0.493 e. The van der Waals surface area contributed by atoms with Crippen molar-refractivity contribution in [3.05, 3.63) is 52.5 Å². The van der Waals surface area contributed by atoms with Crippen molar-refractivity contribution in [2.45, 2.75) is 56.8 Å². The summed E-state index contributed by atoms with van der Waals surface area (Å²) < 4.78 is 46.4. The lowest BCUT2D eigenvalue weighted by Crippen LogP contribution is -2.27. The van der Waals surface area contributed by atoms with E-state index >= 15 is 0 Å². The van der Waals surface area contributed by atoms with Crippen molar-refractivity contribution in [3.63, 3.8) is 0 Å². The smallest absolute Gasteiger partial charge is 0.391 e. The van der Waals surface area contributed by atoms with Crippen LogP contribution in [-0.2, 0) is 6.54 Å². The average molecular weight is 490 g/mol. The maximum absolute atomic E-state index is 13.2. The molecule has 1 aromatic carbocycles. The molecule has 1 aliphatic heterocycles. The molecule has 0 saturated heterocycles. The van der Waals surface area contributed by atoms with Crippen LogP contribution in [0.2, 0.25) is 0 Å². The predicted molar refractivity (Wildman–Crippen MR) is 131 cm³/mol. The highest BCUT2D eigenvalue weighted by atomic mass is 32.1. The third-order valence-corrected chi connectivity index (χ3v) is 8.41. The zero-order valence-corrected chi connectivity index (χ0v) is 20.3. The number of halogens is 3. The van der Waals surface area contributed by atoms with E-state index in [0.29, 0.717) is 26.0 Å². The van der Waals surface area contributed by atoms with Crippen molar-refractivity contribution in [2.75, 3.05) is 25.6 Å². The van der Waals surface area contributed by atoms with Gasteiger partial charge in [-0.15, -0.1) is 11.3 Å². The molecule has 2 aromatic heterocycles. The number of rotatable bonds is 5. The van der Waals surface area contributed by atoms with Crippen molar-refractivity contribution in [1.29, 1.82) is 0 Å². The number of benzene rings is 1. The van der Waals surface area contributed by atoms with E-state index in [-0.39, 0.29) is 24.8 Å². The topological polar surface area (TPSA) is 37.4 Å². The SMILES string of the molecule is CN(C)c1c(CN[C@H]2CCOc3ccccc32)sc2c1nccc2[C@H]1CC[C@H](C(F)(F)F)CC1. The number of nitrogens with one attached hydrogen (secondary N) is 1. The highest BCUT2D eigenvalue weighted by Gasteiger charge is 2.41. The van der Waals surface area contributed by atoms with Crippen LogP contribution in [0.3, 0.4) is 0 Å². The van der Waals surface area contributed by atoms with Gasteiger partial charge in [0.15, 0.2) is 0 Å². The van der Waals surface area contributed by atoms with Crippen molar-refractivity contribution in [2.24, 2.45) is 5.92 Å². The number of hydrogen-bond donors (Lipinski definition) is 1. The minimum atomic E-state index is -4.08. The Hall–Kier alpha value is -2.32. The van der Waals surface area contributed by atoms with Crippen LogP contribution in [0.1, 0.15) is 60.1 Å². The molecule has 1 atom stereocenters. The maximum Gasteiger partial charge on any atom is 0.391 e. The predicted octanol–water partition coefficient (Wildman–Crippen LogP) is 6.81. The van der Waals surface area contributed by atoms with E-state index in [9.17, 15) is 13.2 Å². The quantitative estimate of drug-likeness (QED) is 0.427. The number of ether oxygens (including phenoxy) is 1. The number of alkyl halides is 3. The van der Waals surface area contributed by atoms with Gasteiger partial charge in [0.1, 0.15) is 11.3 Å². The van der Waals surface area contributed by atoms with Crippen LogP contribution in [0.5, 0.6) is 5.75 Å². The minimum absolute atomic E-state index is 0.154. The van der Waals surface area contributed by atoms with Gasteiger partial charge in [0.25, 0.3) is 0 Å². The summed E-state index contributed by atoms with van der Waals surface area (Å²) in [5.74, 6) is -0.0707. The van der Waals surface area contributed by atoms with Gasteiger partial charge in [0, 0.05) is 49.7 Å². The molecule has 0 unspecified atom stereocenters. The third kappa shape index (κ3) is 4.50. The molecule has 3 heterocycles. The van der Waals surface area contributed by atoms with Gasteiger partial charge in [-0.3, -0.25) is 4.98 Å². The van der Waals surface area contributed by atoms with Gasteiger partial charge in [-0.05, 0) is 49.3 Å². The van der Waals surface area contributed by atoms with Gasteiger partial charge in [-0.1, -0.05) is 18.2 Å². The highest BCUT2D eigenvalue weighted by molar-refractivity contribution is 7.20. The van der Waals surface area contributed by atoms with Gasteiger partial charge in [-0.2, -0.15) is 13.2 Å². The fourth-order valence-corrected chi connectivity index (χ4v) is 6.82. The first-order chi connectivity index (χ1) is 16.3. The highest BCUT2D eigenvalue weighted by Crippen LogP contribution is 2.47. The molecule has 0 amide bonds. The van der Waals surface area contributed by atoms with Crippen LogP contribution in [0.4, 0.5) is 18.9 Å². The molecule has 3 aromatic rings. The van der Waals surface area contributed by atoms with Crippen LogP contribution in [-0.4, -0.2) is 31.9 Å². The lowest BCUT2D eigenvalue weighted by Gasteiger charge is -2.30. The molecule has 0 bridgehead atoms. The van der Waals surface area contributed by atoms with E-state index in [1.165, 1.54) is 10.4 Å². The van der Waals surface area contributed by atoms with Gasteiger partial charge >= 0.3 is 6.18 Å². The summed E-state index contributed by atoms with van der Waals surface area (Å²) >= 11 is 1.73. The molecule has 1 fully saturated rings. The number of para-hydroxylation sites is 1. The Morgan fingerprint density at radius 2 is 1.82 bits per heavy atom. The molecule has 182 valence electrons. The molecule has 0 radical (unpaired) electrons. The molecule has 0 spiro atoms. The Bertz CT molecular complexity index is 1150. The van der Waals surface area contributed by atoms with E-state index in [4.69, 9.17) is 9.72 Å². The number of aromatic nitrogens is 1. The van der Waals surface area contributed by atoms with Gasteiger partial charge in [0.2, 0.25) is 0 Å². The number of pyridine rings is 1. The summed E-state index contributed by atoms with van der Waals surface area (Å²) in [4.78, 5) is 8.01. The van der Waals surface area contributed by atoms with E-state index in [1.54, 1.807) is 11.3 Å². The summed E-state index contributed by atoms with van der Waals surface area (Å²) in [5, 5.41) is 3.72. The number of thiophene rings is 1. The van der Waals surface area contributed by atoms with Crippen molar-refractivity contribution in [1.82, 2.24) is 10.3 Å². The minimum Gasteiger partial charge on any atom is -0.493 e. The number of hydrogen-bond acceptors (Lipinski definition) is 5.